The first kappa shape index (κ1) is 4.97. The van der Waals surface area contributed by atoms with E-state index in [1.807, 2.05) is 7.05 Å². The lowest BCUT2D eigenvalue weighted by molar-refractivity contribution is 0.709. The molecule has 47 valence electrons. The summed E-state index contributed by atoms with van der Waals surface area (Å²) in [5.74, 6) is 0.679. The molecule has 0 spiro atoms. The van der Waals surface area contributed by atoms with Gasteiger partial charge in [0.1, 0.15) is 6.20 Å². The Balaban J connectivity index is 2.28. The van der Waals surface area contributed by atoms with Gasteiger partial charge in [-0.3, -0.25) is 0 Å². The van der Waals surface area contributed by atoms with Gasteiger partial charge in [-0.05, 0) is 12.8 Å². The lowest BCUT2D eigenvalue weighted by Gasteiger charge is -1.79. The predicted octanol–water partition coefficient (Wildman–Crippen LogP) is 0.493. The zero-order valence-corrected chi connectivity index (χ0v) is 5.33. The number of aryl methyl sites for hydroxylation is 1. The maximum atomic E-state index is 3.94. The summed E-state index contributed by atoms with van der Waals surface area (Å²) in [6, 6.07) is 0. The number of hydrogen-bond acceptors (Lipinski definition) is 2. The standard InChI is InChI=1S/C6H8N3/c1-9-4-6(7-8-9)5-2-3-5/h5H,2-3H2,1H3. The summed E-state index contributed by atoms with van der Waals surface area (Å²) in [5.41, 5.74) is 1.04. The van der Waals surface area contributed by atoms with E-state index in [-0.39, 0.29) is 0 Å². The quantitative estimate of drug-likeness (QED) is 0.542. The molecule has 9 heavy (non-hydrogen) atoms. The van der Waals surface area contributed by atoms with Gasteiger partial charge in [-0.1, -0.05) is 5.21 Å². The van der Waals surface area contributed by atoms with Gasteiger partial charge in [0, 0.05) is 13.0 Å². The molecule has 1 aliphatic carbocycles. The van der Waals surface area contributed by atoms with Crippen molar-refractivity contribution in [2.75, 3.05) is 0 Å². The highest BCUT2D eigenvalue weighted by Gasteiger charge is 2.26. The van der Waals surface area contributed by atoms with E-state index in [9.17, 15) is 0 Å². The molecule has 0 saturated heterocycles. The van der Waals surface area contributed by atoms with Crippen molar-refractivity contribution in [1.29, 1.82) is 0 Å². The zero-order valence-electron chi connectivity index (χ0n) is 5.33. The summed E-state index contributed by atoms with van der Waals surface area (Å²) >= 11 is 0. The van der Waals surface area contributed by atoms with Crippen molar-refractivity contribution in [3.05, 3.63) is 11.9 Å². The molecule has 1 radical (unpaired) electrons. The molecular formula is C6H8N3. The van der Waals surface area contributed by atoms with E-state index < -0.39 is 0 Å². The fourth-order valence-electron chi connectivity index (χ4n) is 0.855. The van der Waals surface area contributed by atoms with Gasteiger partial charge in [0.05, 0.1) is 5.69 Å². The van der Waals surface area contributed by atoms with E-state index in [0.717, 1.165) is 5.69 Å². The molecule has 3 heteroatoms. The number of hydrogen-bond donors (Lipinski definition) is 0. The van der Waals surface area contributed by atoms with Crippen LogP contribution in [0.25, 0.3) is 0 Å². The lowest BCUT2D eigenvalue weighted by Crippen LogP contribution is -1.86. The molecule has 0 unspecified atom stereocenters. The summed E-state index contributed by atoms with van der Waals surface area (Å²) < 4.78 is 1.63. The monoisotopic (exact) mass is 122 g/mol. The van der Waals surface area contributed by atoms with E-state index in [4.69, 9.17) is 0 Å². The van der Waals surface area contributed by atoms with Gasteiger partial charge in [0.25, 0.3) is 0 Å². The van der Waals surface area contributed by atoms with Crippen LogP contribution in [-0.4, -0.2) is 15.0 Å². The van der Waals surface area contributed by atoms with Crippen LogP contribution in [0, 0.1) is 6.20 Å². The van der Waals surface area contributed by atoms with Gasteiger partial charge in [-0.25, -0.2) is 4.68 Å². The highest BCUT2D eigenvalue weighted by molar-refractivity contribution is 5.07. The maximum Gasteiger partial charge on any atom is 0.112 e. The SMILES string of the molecule is Cn1[c]c(C2CC2)nn1. The van der Waals surface area contributed by atoms with Crippen LogP contribution < -0.4 is 0 Å². The minimum absolute atomic E-state index is 0.679. The van der Waals surface area contributed by atoms with Gasteiger partial charge in [-0.15, -0.1) is 5.10 Å². The zero-order chi connectivity index (χ0) is 6.27. The van der Waals surface area contributed by atoms with E-state index in [0.29, 0.717) is 5.92 Å². The van der Waals surface area contributed by atoms with Crippen LogP contribution in [-0.2, 0) is 7.05 Å². The molecule has 1 aromatic rings. The van der Waals surface area contributed by atoms with Crippen molar-refractivity contribution in [2.45, 2.75) is 18.8 Å². The number of rotatable bonds is 1. The first-order valence-corrected chi connectivity index (χ1v) is 3.15. The van der Waals surface area contributed by atoms with Crippen LogP contribution in [0.2, 0.25) is 0 Å². The molecule has 1 fully saturated rings. The largest absolute Gasteiger partial charge is 0.246 e. The Morgan fingerprint density at radius 2 is 2.44 bits per heavy atom. The van der Waals surface area contributed by atoms with E-state index in [2.05, 4.69) is 16.5 Å². The van der Waals surface area contributed by atoms with Crippen LogP contribution in [0.3, 0.4) is 0 Å². The average molecular weight is 122 g/mol. The van der Waals surface area contributed by atoms with E-state index in [1.54, 1.807) is 4.68 Å². The summed E-state index contributed by atoms with van der Waals surface area (Å²) in [7, 11) is 1.85. The second-order valence-electron chi connectivity index (χ2n) is 2.48. The Hall–Kier alpha value is -0.860. The number of nitrogens with zero attached hydrogens (tertiary/aromatic N) is 3. The third-order valence-corrected chi connectivity index (χ3v) is 1.53. The second kappa shape index (κ2) is 1.56. The first-order valence-electron chi connectivity index (χ1n) is 3.15. The van der Waals surface area contributed by atoms with Gasteiger partial charge in [0.15, 0.2) is 0 Å². The van der Waals surface area contributed by atoms with E-state index >= 15 is 0 Å². The fourth-order valence-corrected chi connectivity index (χ4v) is 0.855. The maximum absolute atomic E-state index is 3.94. The molecule has 0 atom stereocenters. The third-order valence-electron chi connectivity index (χ3n) is 1.53. The predicted molar refractivity (Wildman–Crippen MR) is 31.8 cm³/mol. The molecule has 1 aliphatic rings. The Kier molecular flexibility index (Phi) is 0.860. The molecule has 2 rings (SSSR count). The second-order valence-corrected chi connectivity index (χ2v) is 2.48. The fraction of sp³-hybridized carbons (Fsp3) is 0.667. The van der Waals surface area contributed by atoms with Crippen molar-refractivity contribution in [3.8, 4) is 0 Å². The highest BCUT2D eigenvalue weighted by atomic mass is 15.4. The Morgan fingerprint density at radius 1 is 1.67 bits per heavy atom. The smallest absolute Gasteiger partial charge is 0.112 e. The topological polar surface area (TPSA) is 30.7 Å². The van der Waals surface area contributed by atoms with Crippen molar-refractivity contribution in [3.63, 3.8) is 0 Å². The first-order chi connectivity index (χ1) is 4.36. The summed E-state index contributed by atoms with van der Waals surface area (Å²) in [4.78, 5) is 0. The van der Waals surface area contributed by atoms with Crippen molar-refractivity contribution in [1.82, 2.24) is 15.0 Å². The van der Waals surface area contributed by atoms with Crippen molar-refractivity contribution >= 4 is 0 Å². The van der Waals surface area contributed by atoms with Crippen molar-refractivity contribution < 1.29 is 0 Å². The minimum Gasteiger partial charge on any atom is -0.246 e. The molecular weight excluding hydrogens is 114 g/mol. The number of aromatic nitrogens is 3. The molecule has 0 aliphatic heterocycles. The Morgan fingerprint density at radius 3 is 2.89 bits per heavy atom. The lowest BCUT2D eigenvalue weighted by atomic mass is 10.3. The molecule has 0 amide bonds. The van der Waals surface area contributed by atoms with Crippen LogP contribution in [0.4, 0.5) is 0 Å². The molecule has 1 aromatic heterocycles. The highest BCUT2D eigenvalue weighted by Crippen LogP contribution is 2.38. The third kappa shape index (κ3) is 0.823. The van der Waals surface area contributed by atoms with Crippen LogP contribution >= 0.6 is 0 Å². The average Bonchev–Trinajstić information content (AvgIpc) is 2.58. The van der Waals surface area contributed by atoms with Gasteiger partial charge < -0.3 is 0 Å². The van der Waals surface area contributed by atoms with Crippen molar-refractivity contribution in [2.24, 2.45) is 7.05 Å². The van der Waals surface area contributed by atoms with Gasteiger partial charge >= 0.3 is 0 Å². The van der Waals surface area contributed by atoms with Gasteiger partial charge in [-0.2, -0.15) is 0 Å². The molecule has 0 N–H and O–H groups in total. The molecule has 3 nitrogen and oxygen atoms in total. The van der Waals surface area contributed by atoms with Crippen LogP contribution in [0.15, 0.2) is 0 Å². The van der Waals surface area contributed by atoms with Gasteiger partial charge in [0.2, 0.25) is 0 Å². The normalized spacial score (nSPS) is 18.3. The summed E-state index contributed by atoms with van der Waals surface area (Å²) in [5, 5.41) is 7.72. The summed E-state index contributed by atoms with van der Waals surface area (Å²) in [6.45, 7) is 0. The Labute approximate surface area is 53.7 Å². The molecule has 0 bridgehead atoms. The molecule has 1 saturated carbocycles. The summed E-state index contributed by atoms with van der Waals surface area (Å²) in [6.07, 6.45) is 5.58. The minimum atomic E-state index is 0.679. The van der Waals surface area contributed by atoms with Crippen LogP contribution in [0.5, 0.6) is 0 Å². The molecule has 0 aromatic carbocycles. The Bertz CT molecular complexity index is 212. The van der Waals surface area contributed by atoms with E-state index in [1.165, 1.54) is 12.8 Å². The van der Waals surface area contributed by atoms with Crippen LogP contribution in [0.1, 0.15) is 24.5 Å². The molecule has 1 heterocycles.